The molecule has 37 heavy (non-hydrogen) atoms. The fourth-order valence-corrected chi connectivity index (χ4v) is 3.14. The highest BCUT2D eigenvalue weighted by molar-refractivity contribution is 5.60. The van der Waals surface area contributed by atoms with E-state index in [2.05, 4.69) is 10.1 Å². The number of aliphatic hydroxyl groups is 1. The summed E-state index contributed by atoms with van der Waals surface area (Å²) in [6.07, 6.45) is -1.16. The van der Waals surface area contributed by atoms with Crippen molar-refractivity contribution in [3.63, 3.8) is 0 Å². The van der Waals surface area contributed by atoms with E-state index in [4.69, 9.17) is 32.9 Å². The van der Waals surface area contributed by atoms with Gasteiger partial charge in [-0.15, -0.1) is 0 Å². The van der Waals surface area contributed by atoms with Crippen molar-refractivity contribution in [1.82, 2.24) is 10.1 Å². The van der Waals surface area contributed by atoms with E-state index in [1.165, 1.54) is 6.07 Å². The average molecular weight is 521 g/mol. The highest BCUT2D eigenvalue weighted by Crippen LogP contribution is 2.26. The van der Waals surface area contributed by atoms with Crippen molar-refractivity contribution in [2.45, 2.75) is 6.29 Å². The third kappa shape index (κ3) is 10.3. The molecule has 0 radical (unpaired) electrons. The van der Waals surface area contributed by atoms with Gasteiger partial charge in [0.05, 0.1) is 71.6 Å². The summed E-state index contributed by atoms with van der Waals surface area (Å²) in [5.74, 6) is -0.0997. The summed E-state index contributed by atoms with van der Waals surface area (Å²) in [6, 6.07) is 13.1. The number of aliphatic hydroxyl groups excluding tert-OH is 1. The molecule has 10 nitrogen and oxygen atoms in total. The third-order valence-corrected chi connectivity index (χ3v) is 5.01. The number of benzene rings is 2. The van der Waals surface area contributed by atoms with Crippen molar-refractivity contribution >= 4 is 0 Å². The van der Waals surface area contributed by atoms with Crippen LogP contribution in [0.2, 0.25) is 0 Å². The van der Waals surface area contributed by atoms with Crippen LogP contribution in [0.3, 0.4) is 0 Å². The lowest BCUT2D eigenvalue weighted by atomic mass is 10.1. The average Bonchev–Trinajstić information content (AvgIpc) is 3.41. The third-order valence-electron chi connectivity index (χ3n) is 5.01. The van der Waals surface area contributed by atoms with Crippen molar-refractivity contribution in [2.75, 3.05) is 73.2 Å². The van der Waals surface area contributed by atoms with Crippen LogP contribution in [0.4, 0.5) is 4.39 Å². The van der Waals surface area contributed by atoms with Crippen molar-refractivity contribution in [3.05, 3.63) is 59.9 Å². The number of aromatic nitrogens is 2. The van der Waals surface area contributed by atoms with Crippen LogP contribution in [0.5, 0.6) is 0 Å². The van der Waals surface area contributed by atoms with E-state index in [0.29, 0.717) is 70.6 Å². The summed E-state index contributed by atoms with van der Waals surface area (Å²) in [5, 5.41) is 14.3. The zero-order chi connectivity index (χ0) is 26.1. The minimum atomic E-state index is -1.16. The van der Waals surface area contributed by atoms with Gasteiger partial charge in [0.2, 0.25) is 5.82 Å². The van der Waals surface area contributed by atoms with Crippen molar-refractivity contribution in [1.29, 1.82) is 0 Å². The lowest BCUT2D eigenvalue weighted by Crippen LogP contribution is -2.14. The lowest BCUT2D eigenvalue weighted by Gasteiger charge is -2.13. The smallest absolute Gasteiger partial charge is 0.261 e. The molecule has 0 saturated heterocycles. The summed E-state index contributed by atoms with van der Waals surface area (Å²) in [7, 11) is 1.63. The van der Waals surface area contributed by atoms with E-state index < -0.39 is 12.1 Å². The van der Waals surface area contributed by atoms with Crippen LogP contribution in [-0.2, 0) is 28.4 Å². The molecule has 1 unspecified atom stereocenters. The maximum absolute atomic E-state index is 14.0. The normalized spacial score (nSPS) is 12.2. The monoisotopic (exact) mass is 520 g/mol. The van der Waals surface area contributed by atoms with Crippen molar-refractivity contribution in [3.8, 4) is 22.8 Å². The minimum Gasteiger partial charge on any atom is -0.382 e. The van der Waals surface area contributed by atoms with Gasteiger partial charge in [0.15, 0.2) is 6.29 Å². The molecule has 0 bridgehead atoms. The molecule has 0 spiro atoms. The van der Waals surface area contributed by atoms with Gasteiger partial charge in [-0.1, -0.05) is 35.5 Å². The van der Waals surface area contributed by atoms with Gasteiger partial charge in [-0.05, 0) is 18.2 Å². The number of hydrogen-bond acceptors (Lipinski definition) is 10. The maximum Gasteiger partial charge on any atom is 0.261 e. The Balaban J connectivity index is 1.28. The first-order valence-electron chi connectivity index (χ1n) is 12.0. The summed E-state index contributed by atoms with van der Waals surface area (Å²) in [5.41, 5.74) is 1.34. The van der Waals surface area contributed by atoms with Gasteiger partial charge in [-0.2, -0.15) is 4.98 Å². The molecule has 1 heterocycles. The van der Waals surface area contributed by atoms with Gasteiger partial charge in [0.25, 0.3) is 5.89 Å². The molecule has 1 N–H and O–H groups in total. The topological polar surface area (TPSA) is 115 Å². The highest BCUT2D eigenvalue weighted by Gasteiger charge is 2.15. The summed E-state index contributed by atoms with van der Waals surface area (Å²) < 4.78 is 51.1. The van der Waals surface area contributed by atoms with Crippen LogP contribution in [-0.4, -0.2) is 88.4 Å². The molecule has 0 aliphatic heterocycles. The van der Waals surface area contributed by atoms with Crippen LogP contribution < -0.4 is 0 Å². The SMILES string of the molecule is COCCOCCOCCOCCOCCOC(O)c1cccc(-c2noc(-c3ccccc3F)n2)c1. The molecule has 1 aromatic heterocycles. The number of ether oxygens (including phenoxy) is 6. The molecular formula is C26H33FN2O8. The molecule has 0 fully saturated rings. The Kier molecular flexibility index (Phi) is 13.1. The predicted molar refractivity (Wildman–Crippen MR) is 131 cm³/mol. The Labute approximate surface area is 215 Å². The Bertz CT molecular complexity index is 1040. The molecule has 2 aromatic carbocycles. The van der Waals surface area contributed by atoms with Crippen molar-refractivity contribution < 1.29 is 42.4 Å². The highest BCUT2D eigenvalue weighted by atomic mass is 19.1. The zero-order valence-corrected chi connectivity index (χ0v) is 20.8. The fraction of sp³-hybridized carbons (Fsp3) is 0.462. The molecule has 11 heteroatoms. The Morgan fingerprint density at radius 1 is 0.811 bits per heavy atom. The minimum absolute atomic E-state index is 0.0762. The molecule has 0 aliphatic rings. The van der Waals surface area contributed by atoms with Gasteiger partial charge in [-0.3, -0.25) is 0 Å². The largest absolute Gasteiger partial charge is 0.382 e. The molecule has 202 valence electrons. The quantitative estimate of drug-likeness (QED) is 0.187. The molecule has 0 saturated carbocycles. The zero-order valence-electron chi connectivity index (χ0n) is 20.8. The van der Waals surface area contributed by atoms with Gasteiger partial charge >= 0.3 is 0 Å². The number of methoxy groups -OCH3 is 1. The molecular weight excluding hydrogens is 487 g/mol. The fourth-order valence-electron chi connectivity index (χ4n) is 3.14. The van der Waals surface area contributed by atoms with Crippen LogP contribution >= 0.6 is 0 Å². The van der Waals surface area contributed by atoms with Gasteiger partial charge in [-0.25, -0.2) is 4.39 Å². The lowest BCUT2D eigenvalue weighted by molar-refractivity contribution is -0.117. The van der Waals surface area contributed by atoms with Gasteiger partial charge in [0, 0.05) is 18.2 Å². The van der Waals surface area contributed by atoms with E-state index in [0.717, 1.165) is 0 Å². The second-order valence-corrected chi connectivity index (χ2v) is 7.69. The van der Waals surface area contributed by atoms with Crippen LogP contribution in [0.15, 0.2) is 53.1 Å². The Hall–Kier alpha value is -2.77. The van der Waals surface area contributed by atoms with Crippen LogP contribution in [0.25, 0.3) is 22.8 Å². The molecule has 0 aliphatic carbocycles. The predicted octanol–water partition coefficient (Wildman–Crippen LogP) is 3.26. The number of hydrogen-bond donors (Lipinski definition) is 1. The second-order valence-electron chi connectivity index (χ2n) is 7.69. The summed E-state index contributed by atoms with van der Waals surface area (Å²) in [4.78, 5) is 4.27. The molecule has 0 amide bonds. The van der Waals surface area contributed by atoms with E-state index in [1.54, 1.807) is 49.6 Å². The molecule has 1 atom stereocenters. The number of rotatable bonds is 19. The second kappa shape index (κ2) is 16.9. The standard InChI is InChI=1S/C26H33FN2O8/c1-31-9-10-32-11-12-33-13-14-34-15-16-35-17-18-36-26(30)21-6-4-5-20(19-21)24-28-25(37-29-24)22-7-2-3-8-23(22)27/h2-8,19,26,30H,9-18H2,1H3. The Morgan fingerprint density at radius 2 is 1.43 bits per heavy atom. The van der Waals surface area contributed by atoms with Gasteiger partial charge < -0.3 is 38.1 Å². The van der Waals surface area contributed by atoms with Crippen LogP contribution in [0.1, 0.15) is 11.9 Å². The van der Waals surface area contributed by atoms with E-state index in [1.807, 2.05) is 0 Å². The Morgan fingerprint density at radius 3 is 2.08 bits per heavy atom. The number of halogens is 1. The number of nitrogens with zero attached hydrogens (tertiary/aromatic N) is 2. The molecule has 3 rings (SSSR count). The summed E-state index contributed by atoms with van der Waals surface area (Å²) in [6.45, 7) is 4.43. The van der Waals surface area contributed by atoms with E-state index in [9.17, 15) is 9.50 Å². The summed E-state index contributed by atoms with van der Waals surface area (Å²) >= 11 is 0. The van der Waals surface area contributed by atoms with E-state index in [-0.39, 0.29) is 23.9 Å². The first-order chi connectivity index (χ1) is 18.2. The van der Waals surface area contributed by atoms with Crippen LogP contribution in [0, 0.1) is 5.82 Å². The first-order valence-corrected chi connectivity index (χ1v) is 12.0. The first kappa shape index (κ1) is 28.8. The maximum atomic E-state index is 14.0. The molecule has 3 aromatic rings. The van der Waals surface area contributed by atoms with Crippen molar-refractivity contribution in [2.24, 2.45) is 0 Å². The van der Waals surface area contributed by atoms with Gasteiger partial charge in [0.1, 0.15) is 5.82 Å². The van der Waals surface area contributed by atoms with E-state index >= 15 is 0 Å².